The van der Waals surface area contributed by atoms with E-state index in [0.717, 1.165) is 5.57 Å². The van der Waals surface area contributed by atoms with Crippen molar-refractivity contribution in [3.05, 3.63) is 35.2 Å². The third-order valence-corrected chi connectivity index (χ3v) is 8.21. The van der Waals surface area contributed by atoms with E-state index in [9.17, 15) is 14.7 Å². The Morgan fingerprint density at radius 1 is 1.38 bits per heavy atom. The summed E-state index contributed by atoms with van der Waals surface area (Å²) in [7, 11) is 0. The van der Waals surface area contributed by atoms with Crippen LogP contribution in [0.2, 0.25) is 0 Å². The summed E-state index contributed by atoms with van der Waals surface area (Å²) in [5, 5.41) is 10.8. The molecule has 0 aromatic rings. The summed E-state index contributed by atoms with van der Waals surface area (Å²) in [6.07, 6.45) is 7.11. The van der Waals surface area contributed by atoms with E-state index in [1.807, 2.05) is 26.8 Å². The molecule has 4 rings (SSSR count). The molecule has 6 atom stereocenters. The molecule has 4 aliphatic carbocycles. The molecule has 0 amide bonds. The first-order chi connectivity index (χ1) is 12.1. The van der Waals surface area contributed by atoms with Gasteiger partial charge >= 0.3 is 0 Å². The molecule has 0 heterocycles. The van der Waals surface area contributed by atoms with Crippen molar-refractivity contribution in [2.24, 2.45) is 28.6 Å². The highest BCUT2D eigenvalue weighted by atomic mass is 32.1. The van der Waals surface area contributed by atoms with Gasteiger partial charge in [0.25, 0.3) is 0 Å². The Balaban J connectivity index is 1.85. The molecule has 1 saturated carbocycles. The van der Waals surface area contributed by atoms with Gasteiger partial charge in [-0.2, -0.15) is 0 Å². The topological polar surface area (TPSA) is 54.4 Å². The maximum atomic E-state index is 15.1. The molecule has 0 aromatic heterocycles. The predicted molar refractivity (Wildman–Crippen MR) is 100 cm³/mol. The highest BCUT2D eigenvalue weighted by Gasteiger charge is 2.67. The number of aliphatic hydroxyl groups is 1. The molecule has 0 spiro atoms. The van der Waals surface area contributed by atoms with E-state index in [1.165, 1.54) is 0 Å². The van der Waals surface area contributed by atoms with E-state index < -0.39 is 21.5 Å². The van der Waals surface area contributed by atoms with Crippen LogP contribution in [0.3, 0.4) is 0 Å². The minimum absolute atomic E-state index is 0.00810. The first-order valence-corrected chi connectivity index (χ1v) is 9.76. The number of thiol groups is 1. The van der Waals surface area contributed by atoms with Crippen molar-refractivity contribution in [1.82, 2.24) is 0 Å². The second kappa shape index (κ2) is 5.41. The smallest absolute Gasteiger partial charge is 0.218 e. The van der Waals surface area contributed by atoms with Crippen molar-refractivity contribution in [1.29, 1.82) is 0 Å². The third kappa shape index (κ3) is 1.99. The molecule has 5 heteroatoms. The van der Waals surface area contributed by atoms with Crippen molar-refractivity contribution in [3.63, 3.8) is 0 Å². The van der Waals surface area contributed by atoms with E-state index in [2.05, 4.69) is 18.7 Å². The number of rotatable bonds is 1. The number of carbonyl (C=O) groups is 2. The minimum Gasteiger partial charge on any atom is -0.380 e. The lowest BCUT2D eigenvalue weighted by Crippen LogP contribution is -2.55. The van der Waals surface area contributed by atoms with Gasteiger partial charge in [-0.05, 0) is 49.2 Å². The van der Waals surface area contributed by atoms with Crippen LogP contribution in [0.5, 0.6) is 0 Å². The standard InChI is InChI=1S/C21H25FO3S/c1-11-8-15-13-10-17(22)16-9-12(23)4-6-19(16,2)14(13)5-7-20(15,3)21(11,25)18(24)26/h4-6,11,13,15,25H,7-10H2,1-3H3,(H,24,26)/t11-,13?,15?,19-,20+,21+/m1/s1. The van der Waals surface area contributed by atoms with Crippen LogP contribution < -0.4 is 0 Å². The second-order valence-electron chi connectivity index (χ2n) is 8.97. The van der Waals surface area contributed by atoms with Crippen LogP contribution in [0.1, 0.15) is 46.5 Å². The number of carbonyl (C=O) groups excluding carboxylic acids is 2. The first-order valence-electron chi connectivity index (χ1n) is 9.32. The Labute approximate surface area is 158 Å². The van der Waals surface area contributed by atoms with Gasteiger partial charge in [-0.1, -0.05) is 31.6 Å². The molecule has 0 radical (unpaired) electrons. The van der Waals surface area contributed by atoms with Crippen LogP contribution in [0.4, 0.5) is 4.39 Å². The molecule has 140 valence electrons. The lowest BCUT2D eigenvalue weighted by atomic mass is 9.52. The van der Waals surface area contributed by atoms with Gasteiger partial charge in [0.2, 0.25) is 5.12 Å². The zero-order chi connectivity index (χ0) is 19.1. The van der Waals surface area contributed by atoms with Crippen LogP contribution >= 0.6 is 12.6 Å². The summed E-state index contributed by atoms with van der Waals surface area (Å²) in [4.78, 5) is 24.1. The van der Waals surface area contributed by atoms with E-state index in [-0.39, 0.29) is 42.2 Å². The molecule has 0 saturated heterocycles. The highest BCUT2D eigenvalue weighted by Crippen LogP contribution is 2.66. The van der Waals surface area contributed by atoms with Gasteiger partial charge in [0.05, 0.1) is 0 Å². The number of fused-ring (bicyclic) bond motifs is 5. The van der Waals surface area contributed by atoms with E-state index >= 15 is 4.39 Å². The summed E-state index contributed by atoms with van der Waals surface area (Å²) in [5.74, 6) is -0.535. The van der Waals surface area contributed by atoms with Crippen molar-refractivity contribution < 1.29 is 19.1 Å². The molecule has 26 heavy (non-hydrogen) atoms. The summed E-state index contributed by atoms with van der Waals surface area (Å²) < 4.78 is 15.1. The molecule has 2 unspecified atom stereocenters. The van der Waals surface area contributed by atoms with Gasteiger partial charge < -0.3 is 5.11 Å². The zero-order valence-corrected chi connectivity index (χ0v) is 16.3. The Morgan fingerprint density at radius 3 is 2.73 bits per heavy atom. The molecular formula is C21H25FO3S. The fourth-order valence-corrected chi connectivity index (χ4v) is 6.78. The number of hydrogen-bond donors (Lipinski definition) is 2. The molecule has 4 aliphatic rings. The summed E-state index contributed by atoms with van der Waals surface area (Å²) in [6.45, 7) is 5.82. The van der Waals surface area contributed by atoms with Gasteiger partial charge in [0.15, 0.2) is 5.78 Å². The van der Waals surface area contributed by atoms with Crippen LogP contribution in [-0.2, 0) is 9.59 Å². The lowest BCUT2D eigenvalue weighted by Gasteiger charge is -2.53. The van der Waals surface area contributed by atoms with Gasteiger partial charge in [-0.3, -0.25) is 9.59 Å². The number of ketones is 1. The predicted octanol–water partition coefficient (Wildman–Crippen LogP) is 3.95. The molecule has 0 aliphatic heterocycles. The molecule has 1 fully saturated rings. The van der Waals surface area contributed by atoms with Gasteiger partial charge in [-0.15, -0.1) is 12.6 Å². The molecule has 1 N–H and O–H groups in total. The SMILES string of the molecule is C[C@@H]1CC2C3CC(F)=C4CC(=O)C=C[C@]4(C)C3=CC[C@]2(C)[C@@]1(O)C(=O)S. The van der Waals surface area contributed by atoms with Gasteiger partial charge in [0.1, 0.15) is 11.4 Å². The van der Waals surface area contributed by atoms with Gasteiger partial charge in [-0.25, -0.2) is 4.39 Å². The molecule has 0 bridgehead atoms. The largest absolute Gasteiger partial charge is 0.380 e. The Morgan fingerprint density at radius 2 is 2.08 bits per heavy atom. The molecule has 3 nitrogen and oxygen atoms in total. The van der Waals surface area contributed by atoms with E-state index in [0.29, 0.717) is 18.4 Å². The Hall–Kier alpha value is -1.20. The summed E-state index contributed by atoms with van der Waals surface area (Å²) in [6, 6.07) is 0. The molecular weight excluding hydrogens is 351 g/mol. The Bertz CT molecular complexity index is 812. The van der Waals surface area contributed by atoms with Crippen molar-refractivity contribution in [3.8, 4) is 0 Å². The molecule has 0 aromatic carbocycles. The van der Waals surface area contributed by atoms with Gasteiger partial charge in [0, 0.05) is 23.7 Å². The number of hydrogen-bond acceptors (Lipinski definition) is 3. The van der Waals surface area contributed by atoms with Crippen LogP contribution in [0.25, 0.3) is 0 Å². The second-order valence-corrected chi connectivity index (χ2v) is 9.37. The summed E-state index contributed by atoms with van der Waals surface area (Å²) >= 11 is 4.00. The fourth-order valence-electron chi connectivity index (χ4n) is 6.31. The third-order valence-electron chi connectivity index (χ3n) is 7.87. The number of allylic oxidation sites excluding steroid dienone is 6. The minimum atomic E-state index is -1.50. The van der Waals surface area contributed by atoms with Crippen molar-refractivity contribution in [2.75, 3.05) is 0 Å². The Kier molecular flexibility index (Phi) is 3.79. The monoisotopic (exact) mass is 376 g/mol. The average molecular weight is 376 g/mol. The first kappa shape index (κ1) is 18.2. The van der Waals surface area contributed by atoms with Crippen LogP contribution in [0.15, 0.2) is 35.2 Å². The fraction of sp³-hybridized carbons (Fsp3) is 0.619. The normalized spacial score (nSPS) is 47.2. The van der Waals surface area contributed by atoms with Crippen LogP contribution in [0, 0.1) is 28.6 Å². The maximum Gasteiger partial charge on any atom is 0.218 e. The average Bonchev–Trinajstić information content (AvgIpc) is 2.78. The zero-order valence-electron chi connectivity index (χ0n) is 15.4. The van der Waals surface area contributed by atoms with Crippen molar-refractivity contribution in [2.45, 2.75) is 52.1 Å². The van der Waals surface area contributed by atoms with E-state index in [4.69, 9.17) is 0 Å². The van der Waals surface area contributed by atoms with E-state index in [1.54, 1.807) is 6.08 Å². The van der Waals surface area contributed by atoms with Crippen molar-refractivity contribution >= 4 is 23.5 Å². The maximum absolute atomic E-state index is 15.1. The highest BCUT2D eigenvalue weighted by molar-refractivity contribution is 7.96. The number of halogens is 1. The lowest BCUT2D eigenvalue weighted by molar-refractivity contribution is -0.148. The summed E-state index contributed by atoms with van der Waals surface area (Å²) in [5.41, 5.74) is -0.993. The quantitative estimate of drug-likeness (QED) is 0.538. The van der Waals surface area contributed by atoms with Crippen LogP contribution in [-0.4, -0.2) is 21.6 Å².